The number of likely N-dealkylation sites (N-methyl/N-ethyl adjacent to an activating group) is 1. The Morgan fingerprint density at radius 3 is 2.65 bits per heavy atom. The van der Waals surface area contributed by atoms with Gasteiger partial charge in [0, 0.05) is 36.2 Å². The Morgan fingerprint density at radius 2 is 2.10 bits per heavy atom. The monoisotopic (exact) mass is 317 g/mol. The average Bonchev–Trinajstić information content (AvgIpc) is 2.88. The molecule has 110 valence electrons. The first-order valence-corrected chi connectivity index (χ1v) is 7.19. The number of hydrogen-bond donors (Lipinski definition) is 1. The molecule has 0 radical (unpaired) electrons. The third-order valence-electron chi connectivity index (χ3n) is 3.37. The Morgan fingerprint density at radius 1 is 1.45 bits per heavy atom. The molecule has 2 atom stereocenters. The van der Waals surface area contributed by atoms with E-state index in [1.165, 1.54) is 4.90 Å². The van der Waals surface area contributed by atoms with Crippen molar-refractivity contribution in [2.24, 2.45) is 5.92 Å². The maximum Gasteiger partial charge on any atom is 0.255 e. The molecule has 4 nitrogen and oxygen atoms in total. The van der Waals surface area contributed by atoms with E-state index in [1.54, 1.807) is 25.2 Å². The van der Waals surface area contributed by atoms with Gasteiger partial charge in [-0.3, -0.25) is 4.79 Å². The number of aliphatic hydroxyl groups is 1. The summed E-state index contributed by atoms with van der Waals surface area (Å²) in [5, 5.41) is 10.9. The van der Waals surface area contributed by atoms with Gasteiger partial charge in [-0.1, -0.05) is 23.2 Å². The van der Waals surface area contributed by atoms with E-state index in [1.807, 2.05) is 0 Å². The van der Waals surface area contributed by atoms with Crippen LogP contribution in [0.25, 0.3) is 0 Å². The van der Waals surface area contributed by atoms with E-state index in [9.17, 15) is 9.90 Å². The summed E-state index contributed by atoms with van der Waals surface area (Å²) in [7, 11) is 1.68. The first kappa shape index (κ1) is 15.6. The lowest BCUT2D eigenvalue weighted by Crippen LogP contribution is -2.35. The van der Waals surface area contributed by atoms with Crippen LogP contribution in [-0.4, -0.2) is 42.7 Å². The van der Waals surface area contributed by atoms with Crippen molar-refractivity contribution in [2.45, 2.75) is 12.5 Å². The first-order valence-electron chi connectivity index (χ1n) is 6.44. The molecule has 0 spiro atoms. The molecule has 1 aromatic rings. The van der Waals surface area contributed by atoms with Crippen LogP contribution in [0.2, 0.25) is 10.0 Å². The number of nitrogens with zero attached hydrogens (tertiary/aromatic N) is 1. The van der Waals surface area contributed by atoms with E-state index in [0.717, 1.165) is 13.0 Å². The first-order chi connectivity index (χ1) is 9.47. The van der Waals surface area contributed by atoms with Gasteiger partial charge in [0.25, 0.3) is 5.91 Å². The van der Waals surface area contributed by atoms with Crippen molar-refractivity contribution in [3.63, 3.8) is 0 Å². The Kier molecular flexibility index (Phi) is 5.27. The van der Waals surface area contributed by atoms with Crippen LogP contribution in [0.5, 0.6) is 0 Å². The summed E-state index contributed by atoms with van der Waals surface area (Å²) in [6.07, 6.45) is -0.310. The lowest BCUT2D eigenvalue weighted by Gasteiger charge is -2.23. The van der Waals surface area contributed by atoms with Gasteiger partial charge in [-0.2, -0.15) is 0 Å². The van der Waals surface area contributed by atoms with Crippen molar-refractivity contribution in [2.75, 3.05) is 26.8 Å². The van der Waals surface area contributed by atoms with Crippen molar-refractivity contribution in [1.29, 1.82) is 0 Å². The summed E-state index contributed by atoms with van der Waals surface area (Å²) >= 11 is 11.8. The summed E-state index contributed by atoms with van der Waals surface area (Å²) in [6, 6.07) is 4.65. The van der Waals surface area contributed by atoms with E-state index in [0.29, 0.717) is 34.7 Å². The van der Waals surface area contributed by atoms with Gasteiger partial charge < -0.3 is 14.7 Å². The van der Waals surface area contributed by atoms with Crippen molar-refractivity contribution >= 4 is 29.1 Å². The quantitative estimate of drug-likeness (QED) is 0.928. The molecule has 2 unspecified atom stereocenters. The van der Waals surface area contributed by atoms with E-state index in [-0.39, 0.29) is 5.91 Å². The van der Waals surface area contributed by atoms with E-state index >= 15 is 0 Å². The highest BCUT2D eigenvalue weighted by Gasteiger charge is 2.25. The smallest absolute Gasteiger partial charge is 0.255 e. The van der Waals surface area contributed by atoms with Crippen LogP contribution < -0.4 is 0 Å². The molecule has 1 fully saturated rings. The second-order valence-electron chi connectivity index (χ2n) is 5.05. The topological polar surface area (TPSA) is 49.8 Å². The molecule has 6 heteroatoms. The number of carbonyl (C=O) groups is 1. The Bertz CT molecular complexity index is 469. The van der Waals surface area contributed by atoms with Gasteiger partial charge in [-0.05, 0) is 30.2 Å². The highest BCUT2D eigenvalue weighted by atomic mass is 35.5. The van der Waals surface area contributed by atoms with Crippen LogP contribution in [0, 0.1) is 5.92 Å². The molecule has 1 aliphatic rings. The minimum absolute atomic E-state index is 0.332. The zero-order valence-electron chi connectivity index (χ0n) is 11.2. The predicted octanol–water partition coefficient (Wildman–Crippen LogP) is 2.52. The Hall–Kier alpha value is -0.810. The Balaban J connectivity index is 2.03. The fourth-order valence-electron chi connectivity index (χ4n) is 2.29. The second-order valence-corrected chi connectivity index (χ2v) is 5.93. The molecule has 1 aromatic carbocycles. The highest BCUT2D eigenvalue weighted by molar-refractivity contribution is 6.34. The normalized spacial score (nSPS) is 19.9. The molecule has 0 aromatic heterocycles. The number of carbonyl (C=O) groups excluding carboxylic acids is 1. The van der Waals surface area contributed by atoms with E-state index in [2.05, 4.69) is 0 Å². The molecule has 1 aliphatic heterocycles. The van der Waals surface area contributed by atoms with Gasteiger partial charge in [-0.15, -0.1) is 0 Å². The zero-order chi connectivity index (χ0) is 14.7. The average molecular weight is 318 g/mol. The molecule has 0 aliphatic carbocycles. The van der Waals surface area contributed by atoms with Gasteiger partial charge in [0.15, 0.2) is 6.10 Å². The van der Waals surface area contributed by atoms with E-state index < -0.39 is 6.10 Å². The van der Waals surface area contributed by atoms with Crippen LogP contribution in [-0.2, 0) is 9.53 Å². The molecule has 0 bridgehead atoms. The van der Waals surface area contributed by atoms with Gasteiger partial charge in [0.1, 0.15) is 0 Å². The van der Waals surface area contributed by atoms with Crippen LogP contribution in [0.3, 0.4) is 0 Å². The molecule has 2 rings (SSSR count). The minimum Gasteiger partial charge on any atom is -0.381 e. The molecular formula is C14H17Cl2NO3. The molecule has 1 N–H and O–H groups in total. The second kappa shape index (κ2) is 6.76. The fraction of sp³-hybridized carbons (Fsp3) is 0.500. The van der Waals surface area contributed by atoms with Crippen molar-refractivity contribution in [3.05, 3.63) is 33.8 Å². The standard InChI is InChI=1S/C14H17Cl2NO3/c1-17(7-9-2-3-20-8-9)14(19)13(18)10-4-11(15)6-12(16)5-10/h4-6,9,13,18H,2-3,7-8H2,1H3. The Labute approximate surface area is 128 Å². The van der Waals surface area contributed by atoms with Gasteiger partial charge in [0.2, 0.25) is 0 Å². The SMILES string of the molecule is CN(CC1CCOC1)C(=O)C(O)c1cc(Cl)cc(Cl)c1. The molecule has 20 heavy (non-hydrogen) atoms. The fourth-order valence-corrected chi connectivity index (χ4v) is 2.83. The van der Waals surface area contributed by atoms with Crippen LogP contribution in [0.1, 0.15) is 18.1 Å². The number of halogens is 2. The predicted molar refractivity (Wildman–Crippen MR) is 78.0 cm³/mol. The molecule has 1 amide bonds. The van der Waals surface area contributed by atoms with Gasteiger partial charge >= 0.3 is 0 Å². The largest absolute Gasteiger partial charge is 0.381 e. The summed E-state index contributed by atoms with van der Waals surface area (Å²) < 4.78 is 5.28. The van der Waals surface area contributed by atoms with Gasteiger partial charge in [0.05, 0.1) is 6.61 Å². The molecular weight excluding hydrogens is 301 g/mol. The maximum atomic E-state index is 12.2. The third kappa shape index (κ3) is 3.85. The summed E-state index contributed by atoms with van der Waals surface area (Å²) in [6.45, 7) is 1.97. The van der Waals surface area contributed by atoms with Crippen LogP contribution in [0.15, 0.2) is 18.2 Å². The van der Waals surface area contributed by atoms with Crippen molar-refractivity contribution in [1.82, 2.24) is 4.90 Å². The van der Waals surface area contributed by atoms with Gasteiger partial charge in [-0.25, -0.2) is 0 Å². The zero-order valence-corrected chi connectivity index (χ0v) is 12.7. The lowest BCUT2D eigenvalue weighted by molar-refractivity contribution is -0.139. The highest BCUT2D eigenvalue weighted by Crippen LogP contribution is 2.25. The molecule has 0 saturated carbocycles. The summed E-state index contributed by atoms with van der Waals surface area (Å²) in [4.78, 5) is 13.7. The summed E-state index contributed by atoms with van der Waals surface area (Å²) in [5.41, 5.74) is 0.405. The third-order valence-corrected chi connectivity index (χ3v) is 3.80. The maximum absolute atomic E-state index is 12.2. The van der Waals surface area contributed by atoms with Crippen molar-refractivity contribution in [3.8, 4) is 0 Å². The summed E-state index contributed by atoms with van der Waals surface area (Å²) in [5.74, 6) is -0.0330. The van der Waals surface area contributed by atoms with E-state index in [4.69, 9.17) is 27.9 Å². The molecule has 1 saturated heterocycles. The number of aliphatic hydroxyl groups excluding tert-OH is 1. The number of benzene rings is 1. The molecule has 1 heterocycles. The number of amides is 1. The lowest BCUT2D eigenvalue weighted by atomic mass is 10.1. The number of rotatable bonds is 4. The number of ether oxygens (including phenoxy) is 1. The minimum atomic E-state index is -1.25. The van der Waals surface area contributed by atoms with Crippen molar-refractivity contribution < 1.29 is 14.6 Å². The van der Waals surface area contributed by atoms with Crippen LogP contribution >= 0.6 is 23.2 Å². The van der Waals surface area contributed by atoms with Crippen LogP contribution in [0.4, 0.5) is 0 Å². The number of hydrogen-bond acceptors (Lipinski definition) is 3.